The lowest BCUT2D eigenvalue weighted by molar-refractivity contribution is -0.144. The molecule has 1 aliphatic heterocycles. The van der Waals surface area contributed by atoms with Gasteiger partial charge in [0.25, 0.3) is 5.91 Å². The number of carboxylic acids is 1. The molecule has 3 rings (SSSR count). The normalized spacial score (nSPS) is 17.6. The Kier molecular flexibility index (Phi) is 5.84. The van der Waals surface area contributed by atoms with Crippen LogP contribution in [0.3, 0.4) is 0 Å². The van der Waals surface area contributed by atoms with Crippen molar-refractivity contribution in [1.29, 1.82) is 0 Å². The van der Waals surface area contributed by atoms with Crippen LogP contribution >= 0.6 is 11.8 Å². The van der Waals surface area contributed by atoms with E-state index in [1.165, 1.54) is 24.2 Å². The van der Waals surface area contributed by atoms with Crippen molar-refractivity contribution in [3.63, 3.8) is 0 Å². The molecule has 6 nitrogen and oxygen atoms in total. The number of nitrogens with zero attached hydrogens (tertiary/aromatic N) is 1. The number of amides is 1. The van der Waals surface area contributed by atoms with Crippen molar-refractivity contribution in [3.05, 3.63) is 64.1 Å². The van der Waals surface area contributed by atoms with Gasteiger partial charge in [-0.25, -0.2) is 9.79 Å². The van der Waals surface area contributed by atoms with Crippen LogP contribution in [-0.4, -0.2) is 28.3 Å². The lowest BCUT2D eigenvalue weighted by atomic mass is 10.1. The molecule has 144 valence electrons. The fourth-order valence-corrected chi connectivity index (χ4v) is 3.31. The second kappa shape index (κ2) is 8.31. The summed E-state index contributed by atoms with van der Waals surface area (Å²) >= 11 is 1.23. The van der Waals surface area contributed by atoms with Crippen molar-refractivity contribution in [2.45, 2.75) is 26.9 Å². The van der Waals surface area contributed by atoms with Gasteiger partial charge in [-0.15, -0.1) is 0 Å². The predicted octanol–water partition coefficient (Wildman–Crippen LogP) is 4.05. The molecule has 1 amide bonds. The number of nitrogens with one attached hydrogen (secondary N) is 1. The number of rotatable bonds is 5. The number of hydrogen-bond acceptors (Lipinski definition) is 5. The fraction of sp³-hybridized carbons (Fsp3) is 0.190. The van der Waals surface area contributed by atoms with Gasteiger partial charge in [-0.1, -0.05) is 24.3 Å². The Morgan fingerprint density at radius 1 is 1.21 bits per heavy atom. The summed E-state index contributed by atoms with van der Waals surface area (Å²) in [5.74, 6) is -0.912. The van der Waals surface area contributed by atoms with Gasteiger partial charge in [0.1, 0.15) is 5.75 Å². The summed E-state index contributed by atoms with van der Waals surface area (Å²) in [6.07, 6.45) is 0.679. The summed E-state index contributed by atoms with van der Waals surface area (Å²) < 4.78 is 5.48. The first-order chi connectivity index (χ1) is 13.3. The molecule has 1 heterocycles. The van der Waals surface area contributed by atoms with Gasteiger partial charge in [0, 0.05) is 5.56 Å². The van der Waals surface area contributed by atoms with E-state index in [-0.39, 0.29) is 5.91 Å². The molecule has 0 bridgehead atoms. The van der Waals surface area contributed by atoms with Crippen molar-refractivity contribution in [3.8, 4) is 5.75 Å². The van der Waals surface area contributed by atoms with Gasteiger partial charge in [0.15, 0.2) is 11.3 Å². The first-order valence-corrected chi connectivity index (χ1v) is 9.50. The van der Waals surface area contributed by atoms with Crippen LogP contribution < -0.4 is 10.1 Å². The molecule has 0 aliphatic carbocycles. The number of aliphatic imine (C=N–C) groups is 1. The number of aryl methyl sites for hydroxylation is 2. The third-order valence-electron chi connectivity index (χ3n) is 4.23. The molecule has 0 aromatic heterocycles. The maximum Gasteiger partial charge on any atom is 0.344 e. The highest BCUT2D eigenvalue weighted by Crippen LogP contribution is 2.31. The van der Waals surface area contributed by atoms with Crippen LogP contribution in [0.2, 0.25) is 0 Å². The van der Waals surface area contributed by atoms with Crippen LogP contribution in [0, 0.1) is 13.8 Å². The Hall–Kier alpha value is -3.06. The van der Waals surface area contributed by atoms with Crippen molar-refractivity contribution in [2.24, 2.45) is 4.99 Å². The maximum absolute atomic E-state index is 12.3. The molecule has 1 saturated heterocycles. The van der Waals surface area contributed by atoms with E-state index in [2.05, 4.69) is 10.3 Å². The summed E-state index contributed by atoms with van der Waals surface area (Å²) in [5.41, 5.74) is 3.71. The minimum absolute atomic E-state index is 0.256. The summed E-state index contributed by atoms with van der Waals surface area (Å²) in [5, 5.41) is 12.3. The van der Waals surface area contributed by atoms with E-state index in [0.29, 0.717) is 21.4 Å². The standard InChI is InChI=1S/C21H20N2O4S/c1-12-8-9-16(10-13(12)2)22-21-23-19(24)18(28-21)11-15-6-4-5-7-17(15)27-14(3)20(25)26/h4-11,14H,1-3H3,(H,25,26)(H,22,23,24)/b18-11+. The predicted molar refractivity (Wildman–Crippen MR) is 111 cm³/mol. The molecule has 2 aromatic carbocycles. The summed E-state index contributed by atoms with van der Waals surface area (Å²) in [7, 11) is 0. The van der Waals surface area contributed by atoms with Gasteiger partial charge >= 0.3 is 5.97 Å². The van der Waals surface area contributed by atoms with Crippen LogP contribution in [0.15, 0.2) is 52.4 Å². The van der Waals surface area contributed by atoms with Crippen molar-refractivity contribution >= 4 is 40.6 Å². The van der Waals surface area contributed by atoms with Gasteiger partial charge in [-0.2, -0.15) is 0 Å². The lowest BCUT2D eigenvalue weighted by Gasteiger charge is -2.12. The average Bonchev–Trinajstić information content (AvgIpc) is 2.98. The number of thioether (sulfide) groups is 1. The van der Waals surface area contributed by atoms with Gasteiger partial charge in [-0.05, 0) is 67.9 Å². The minimum Gasteiger partial charge on any atom is -0.479 e. The molecule has 2 N–H and O–H groups in total. The van der Waals surface area contributed by atoms with E-state index in [0.717, 1.165) is 11.3 Å². The maximum atomic E-state index is 12.3. The van der Waals surface area contributed by atoms with Crippen LogP contribution in [0.1, 0.15) is 23.6 Å². The molecular weight excluding hydrogens is 376 g/mol. The Labute approximate surface area is 167 Å². The second-order valence-electron chi connectivity index (χ2n) is 6.39. The smallest absolute Gasteiger partial charge is 0.344 e. The first kappa shape index (κ1) is 19.7. The number of ether oxygens (including phenoxy) is 1. The van der Waals surface area contributed by atoms with Crippen molar-refractivity contribution in [1.82, 2.24) is 5.32 Å². The number of carboxylic acid groups (broad SMARTS) is 1. The molecular formula is C21H20N2O4S. The van der Waals surface area contributed by atoms with Crippen LogP contribution in [0.4, 0.5) is 5.69 Å². The molecule has 7 heteroatoms. The third-order valence-corrected chi connectivity index (χ3v) is 5.14. The number of amidine groups is 1. The van der Waals surface area contributed by atoms with E-state index in [1.54, 1.807) is 30.3 Å². The summed E-state index contributed by atoms with van der Waals surface area (Å²) in [4.78, 5) is 28.3. The zero-order chi connectivity index (χ0) is 20.3. The number of benzene rings is 2. The number of carbonyl (C=O) groups excluding carboxylic acids is 1. The zero-order valence-corrected chi connectivity index (χ0v) is 16.5. The van der Waals surface area contributed by atoms with Gasteiger partial charge in [0.05, 0.1) is 10.6 Å². The van der Waals surface area contributed by atoms with Crippen molar-refractivity contribution < 1.29 is 19.4 Å². The topological polar surface area (TPSA) is 88.0 Å². The highest BCUT2D eigenvalue weighted by molar-refractivity contribution is 8.18. The molecule has 28 heavy (non-hydrogen) atoms. The van der Waals surface area contributed by atoms with E-state index >= 15 is 0 Å². The lowest BCUT2D eigenvalue weighted by Crippen LogP contribution is -2.23. The van der Waals surface area contributed by atoms with E-state index in [1.807, 2.05) is 32.0 Å². The molecule has 0 radical (unpaired) electrons. The fourth-order valence-electron chi connectivity index (χ4n) is 2.48. The second-order valence-corrected chi connectivity index (χ2v) is 7.42. The van der Waals surface area contributed by atoms with Gasteiger partial charge in [0.2, 0.25) is 0 Å². The molecule has 0 saturated carbocycles. The minimum atomic E-state index is -1.06. The highest BCUT2D eigenvalue weighted by Gasteiger charge is 2.24. The highest BCUT2D eigenvalue weighted by atomic mass is 32.2. The summed E-state index contributed by atoms with van der Waals surface area (Å²) in [6.45, 7) is 5.50. The molecule has 1 fully saturated rings. The quantitative estimate of drug-likeness (QED) is 0.745. The third kappa shape index (κ3) is 4.61. The number of carbonyl (C=O) groups is 2. The van der Waals surface area contributed by atoms with E-state index in [4.69, 9.17) is 9.84 Å². The Bertz CT molecular complexity index is 998. The number of hydrogen-bond donors (Lipinski definition) is 2. The Balaban J connectivity index is 1.84. The monoisotopic (exact) mass is 396 g/mol. The first-order valence-electron chi connectivity index (χ1n) is 8.69. The van der Waals surface area contributed by atoms with Crippen LogP contribution in [0.5, 0.6) is 5.75 Å². The van der Waals surface area contributed by atoms with E-state index < -0.39 is 12.1 Å². The number of para-hydroxylation sites is 1. The molecule has 2 aromatic rings. The Morgan fingerprint density at radius 2 is 1.96 bits per heavy atom. The van der Waals surface area contributed by atoms with Gasteiger partial charge in [-0.3, -0.25) is 4.79 Å². The summed E-state index contributed by atoms with van der Waals surface area (Å²) in [6, 6.07) is 12.8. The molecule has 1 aliphatic rings. The average molecular weight is 396 g/mol. The SMILES string of the molecule is Cc1ccc(N=C2NC(=O)/C(=C\c3ccccc3OC(C)C(=O)O)S2)cc1C. The Morgan fingerprint density at radius 3 is 2.68 bits per heavy atom. The molecule has 1 atom stereocenters. The van der Waals surface area contributed by atoms with Gasteiger partial charge < -0.3 is 15.2 Å². The molecule has 0 spiro atoms. The van der Waals surface area contributed by atoms with Crippen LogP contribution in [0.25, 0.3) is 6.08 Å². The van der Waals surface area contributed by atoms with E-state index in [9.17, 15) is 9.59 Å². The zero-order valence-electron chi connectivity index (χ0n) is 15.7. The van der Waals surface area contributed by atoms with Crippen molar-refractivity contribution in [2.75, 3.05) is 0 Å². The largest absolute Gasteiger partial charge is 0.479 e. The molecule has 1 unspecified atom stereocenters. The number of aliphatic carboxylic acids is 1. The van der Waals surface area contributed by atoms with Crippen LogP contribution in [-0.2, 0) is 9.59 Å².